The molecule has 0 fully saturated rings. The van der Waals surface area contributed by atoms with Crippen LogP contribution in [0.4, 0.5) is 0 Å². The van der Waals surface area contributed by atoms with Gasteiger partial charge in [0.2, 0.25) is 0 Å². The van der Waals surface area contributed by atoms with Crippen LogP contribution in [0.25, 0.3) is 0 Å². The summed E-state index contributed by atoms with van der Waals surface area (Å²) in [4.78, 5) is 11.9. The van der Waals surface area contributed by atoms with E-state index < -0.39 is 0 Å². The van der Waals surface area contributed by atoms with Crippen LogP contribution in [0.1, 0.15) is 15.2 Å². The van der Waals surface area contributed by atoms with Gasteiger partial charge in [-0.2, -0.15) is 0 Å². The highest BCUT2D eigenvalue weighted by molar-refractivity contribution is 7.16. The molecule has 0 spiro atoms. The third-order valence-corrected chi connectivity index (χ3v) is 2.47. The first-order valence-corrected chi connectivity index (χ1v) is 4.19. The maximum absolute atomic E-state index is 11.0. The molecule has 1 aromatic heterocycles. The van der Waals surface area contributed by atoms with E-state index in [2.05, 4.69) is 4.74 Å². The SMILES string of the molecule is COC(=O)c1cc(Cl)sc1C. The minimum Gasteiger partial charge on any atom is -0.465 e. The van der Waals surface area contributed by atoms with Crippen molar-refractivity contribution in [2.24, 2.45) is 0 Å². The van der Waals surface area contributed by atoms with Crippen LogP contribution in [0.5, 0.6) is 0 Å². The molecule has 4 heteroatoms. The molecular formula is C7H7ClO2S. The number of carbonyl (C=O) groups excluding carboxylic acids is 1. The first-order chi connectivity index (χ1) is 5.15. The molecule has 1 heterocycles. The fraction of sp³-hybridized carbons (Fsp3) is 0.286. The number of rotatable bonds is 1. The fourth-order valence-corrected chi connectivity index (χ4v) is 1.94. The van der Waals surface area contributed by atoms with Gasteiger partial charge in [-0.3, -0.25) is 0 Å². The van der Waals surface area contributed by atoms with Gasteiger partial charge >= 0.3 is 5.97 Å². The molecule has 0 aromatic carbocycles. The quantitative estimate of drug-likeness (QED) is 0.636. The molecule has 0 atom stereocenters. The number of ether oxygens (including phenoxy) is 1. The first kappa shape index (κ1) is 8.56. The molecule has 0 saturated carbocycles. The summed E-state index contributed by atoms with van der Waals surface area (Å²) in [6.45, 7) is 1.84. The number of hydrogen-bond acceptors (Lipinski definition) is 3. The molecule has 0 aliphatic rings. The van der Waals surface area contributed by atoms with Crippen LogP contribution in [0.3, 0.4) is 0 Å². The summed E-state index contributed by atoms with van der Waals surface area (Å²) in [6.07, 6.45) is 0. The van der Waals surface area contributed by atoms with Gasteiger partial charge in [0.1, 0.15) is 0 Å². The summed E-state index contributed by atoms with van der Waals surface area (Å²) in [5.74, 6) is -0.328. The van der Waals surface area contributed by atoms with Gasteiger partial charge in [0.25, 0.3) is 0 Å². The average molecular weight is 191 g/mol. The van der Waals surface area contributed by atoms with Crippen molar-refractivity contribution in [3.63, 3.8) is 0 Å². The molecule has 0 amide bonds. The Hall–Kier alpha value is -0.540. The lowest BCUT2D eigenvalue weighted by Gasteiger charge is -1.94. The molecule has 0 N–H and O–H groups in total. The van der Waals surface area contributed by atoms with Gasteiger partial charge in [-0.05, 0) is 13.0 Å². The van der Waals surface area contributed by atoms with Gasteiger partial charge in [0.15, 0.2) is 0 Å². The summed E-state index contributed by atoms with van der Waals surface area (Å²) in [5, 5.41) is 0. The van der Waals surface area contributed by atoms with Crippen molar-refractivity contribution >= 4 is 28.9 Å². The number of thiophene rings is 1. The molecule has 2 nitrogen and oxygen atoms in total. The molecule has 0 unspecified atom stereocenters. The Morgan fingerprint density at radius 2 is 2.36 bits per heavy atom. The van der Waals surface area contributed by atoms with Crippen LogP contribution in [-0.4, -0.2) is 13.1 Å². The lowest BCUT2D eigenvalue weighted by atomic mass is 10.3. The molecule has 0 aliphatic carbocycles. The van der Waals surface area contributed by atoms with Gasteiger partial charge in [-0.15, -0.1) is 11.3 Å². The Morgan fingerprint density at radius 3 is 2.73 bits per heavy atom. The zero-order valence-electron chi connectivity index (χ0n) is 6.18. The molecule has 0 saturated heterocycles. The van der Waals surface area contributed by atoms with Crippen LogP contribution in [-0.2, 0) is 4.74 Å². The molecule has 60 valence electrons. The fourth-order valence-electron chi connectivity index (χ4n) is 0.758. The minimum atomic E-state index is -0.328. The van der Waals surface area contributed by atoms with Gasteiger partial charge in [0.05, 0.1) is 17.0 Å². The number of hydrogen-bond donors (Lipinski definition) is 0. The Morgan fingerprint density at radius 1 is 1.73 bits per heavy atom. The van der Waals surface area contributed by atoms with Crippen LogP contribution < -0.4 is 0 Å². The minimum absolute atomic E-state index is 0.328. The van der Waals surface area contributed by atoms with E-state index in [0.29, 0.717) is 9.90 Å². The number of carbonyl (C=O) groups is 1. The Labute approximate surface area is 73.7 Å². The second kappa shape index (κ2) is 3.24. The van der Waals surface area contributed by atoms with Crippen LogP contribution in [0, 0.1) is 6.92 Å². The van der Waals surface area contributed by atoms with Crippen LogP contribution in [0.15, 0.2) is 6.07 Å². The topological polar surface area (TPSA) is 26.3 Å². The third kappa shape index (κ3) is 1.73. The first-order valence-electron chi connectivity index (χ1n) is 2.99. The van der Waals surface area contributed by atoms with Crippen molar-refractivity contribution in [2.45, 2.75) is 6.92 Å². The average Bonchev–Trinajstić information content (AvgIpc) is 2.28. The zero-order chi connectivity index (χ0) is 8.43. The summed E-state index contributed by atoms with van der Waals surface area (Å²) >= 11 is 7.05. The summed E-state index contributed by atoms with van der Waals surface area (Å²) in [7, 11) is 1.35. The smallest absolute Gasteiger partial charge is 0.339 e. The standard InChI is InChI=1S/C7H7ClO2S/c1-4-5(7(9)10-2)3-6(8)11-4/h3H,1-2H3. The molecule has 0 radical (unpaired) electrons. The molecule has 1 rings (SSSR count). The van der Waals surface area contributed by atoms with Crippen LogP contribution in [0.2, 0.25) is 4.34 Å². The van der Waals surface area contributed by atoms with Crippen molar-refractivity contribution in [3.05, 3.63) is 20.8 Å². The number of esters is 1. The highest BCUT2D eigenvalue weighted by atomic mass is 35.5. The van der Waals surface area contributed by atoms with E-state index in [1.165, 1.54) is 18.4 Å². The largest absolute Gasteiger partial charge is 0.465 e. The molecule has 0 bridgehead atoms. The van der Waals surface area contributed by atoms with Crippen molar-refractivity contribution in [1.82, 2.24) is 0 Å². The predicted octanol–water partition coefficient (Wildman–Crippen LogP) is 2.50. The molecule has 11 heavy (non-hydrogen) atoms. The molecule has 0 aliphatic heterocycles. The number of halogens is 1. The van der Waals surface area contributed by atoms with E-state index in [0.717, 1.165) is 4.88 Å². The van der Waals surface area contributed by atoms with Crippen molar-refractivity contribution in [2.75, 3.05) is 7.11 Å². The molecule has 1 aromatic rings. The zero-order valence-corrected chi connectivity index (χ0v) is 7.75. The lowest BCUT2D eigenvalue weighted by Crippen LogP contribution is -2.00. The summed E-state index contributed by atoms with van der Waals surface area (Å²) in [5.41, 5.74) is 0.558. The van der Waals surface area contributed by atoms with E-state index in [1.807, 2.05) is 6.92 Å². The van der Waals surface area contributed by atoms with E-state index in [4.69, 9.17) is 11.6 Å². The van der Waals surface area contributed by atoms with Crippen molar-refractivity contribution < 1.29 is 9.53 Å². The van der Waals surface area contributed by atoms with E-state index in [9.17, 15) is 4.79 Å². The number of aryl methyl sites for hydroxylation is 1. The molecular weight excluding hydrogens is 184 g/mol. The summed E-state index contributed by atoms with van der Waals surface area (Å²) in [6, 6.07) is 1.62. The predicted molar refractivity (Wildman–Crippen MR) is 45.4 cm³/mol. The maximum atomic E-state index is 11.0. The second-order valence-corrected chi connectivity index (χ2v) is 3.90. The van der Waals surface area contributed by atoms with Crippen molar-refractivity contribution in [1.29, 1.82) is 0 Å². The summed E-state index contributed by atoms with van der Waals surface area (Å²) < 4.78 is 5.15. The highest BCUT2D eigenvalue weighted by Gasteiger charge is 2.11. The monoisotopic (exact) mass is 190 g/mol. The number of methoxy groups -OCH3 is 1. The maximum Gasteiger partial charge on any atom is 0.339 e. The highest BCUT2D eigenvalue weighted by Crippen LogP contribution is 2.25. The van der Waals surface area contributed by atoms with Gasteiger partial charge < -0.3 is 4.74 Å². The third-order valence-electron chi connectivity index (χ3n) is 1.29. The van der Waals surface area contributed by atoms with E-state index in [1.54, 1.807) is 6.07 Å². The Balaban J connectivity index is 3.03. The van der Waals surface area contributed by atoms with Gasteiger partial charge in [-0.25, -0.2) is 4.79 Å². The van der Waals surface area contributed by atoms with E-state index >= 15 is 0 Å². The van der Waals surface area contributed by atoms with Gasteiger partial charge in [-0.1, -0.05) is 11.6 Å². The normalized spacial score (nSPS) is 9.73. The van der Waals surface area contributed by atoms with Crippen LogP contribution >= 0.6 is 22.9 Å². The Bertz CT molecular complexity index is 280. The van der Waals surface area contributed by atoms with Crippen molar-refractivity contribution in [3.8, 4) is 0 Å². The van der Waals surface area contributed by atoms with Gasteiger partial charge in [0, 0.05) is 4.88 Å². The Kier molecular flexibility index (Phi) is 2.52. The van der Waals surface area contributed by atoms with E-state index in [-0.39, 0.29) is 5.97 Å². The lowest BCUT2D eigenvalue weighted by molar-refractivity contribution is 0.0600. The second-order valence-electron chi connectivity index (χ2n) is 2.01.